The maximum absolute atomic E-state index is 5.02. The third-order valence-corrected chi connectivity index (χ3v) is 2.37. The van der Waals surface area contributed by atoms with Gasteiger partial charge in [0.1, 0.15) is 0 Å². The summed E-state index contributed by atoms with van der Waals surface area (Å²) in [6.07, 6.45) is 5.99. The fourth-order valence-electron chi connectivity index (χ4n) is 1.42. The summed E-state index contributed by atoms with van der Waals surface area (Å²) in [5, 5.41) is 7.61. The highest BCUT2D eigenvalue weighted by atomic mass is 16.5. The van der Waals surface area contributed by atoms with Gasteiger partial charge in [-0.1, -0.05) is 0 Å². The number of hydrogen-bond acceptors (Lipinski definition) is 3. The van der Waals surface area contributed by atoms with Gasteiger partial charge in [0.15, 0.2) is 0 Å². The Kier molecular flexibility index (Phi) is 6.04. The molecule has 0 aromatic carbocycles. The third-order valence-electron chi connectivity index (χ3n) is 2.37. The maximum atomic E-state index is 5.02. The molecule has 0 aliphatic carbocycles. The molecule has 4 heteroatoms. The van der Waals surface area contributed by atoms with E-state index >= 15 is 0 Å². The van der Waals surface area contributed by atoms with E-state index in [2.05, 4.69) is 17.3 Å². The number of nitrogens with one attached hydrogen (secondary N) is 1. The van der Waals surface area contributed by atoms with Crippen molar-refractivity contribution >= 4 is 0 Å². The Bertz CT molecular complexity index is 236. The van der Waals surface area contributed by atoms with Crippen molar-refractivity contribution < 1.29 is 4.74 Å². The van der Waals surface area contributed by atoms with Crippen LogP contribution in [0, 0.1) is 0 Å². The van der Waals surface area contributed by atoms with E-state index in [0.717, 1.165) is 32.5 Å². The molecule has 0 radical (unpaired) electrons. The van der Waals surface area contributed by atoms with E-state index in [1.54, 1.807) is 7.11 Å². The van der Waals surface area contributed by atoms with Gasteiger partial charge in [0.25, 0.3) is 0 Å². The van der Waals surface area contributed by atoms with Crippen molar-refractivity contribution in [2.24, 2.45) is 0 Å². The van der Waals surface area contributed by atoms with E-state index in [1.165, 1.54) is 0 Å². The van der Waals surface area contributed by atoms with Gasteiger partial charge >= 0.3 is 0 Å². The number of aryl methyl sites for hydroxylation is 1. The zero-order chi connectivity index (χ0) is 10.9. The lowest BCUT2D eigenvalue weighted by molar-refractivity contribution is 0.185. The summed E-state index contributed by atoms with van der Waals surface area (Å²) in [5.41, 5.74) is 0. The van der Waals surface area contributed by atoms with Crippen LogP contribution in [-0.4, -0.2) is 36.1 Å². The van der Waals surface area contributed by atoms with Gasteiger partial charge in [0.05, 0.1) is 0 Å². The van der Waals surface area contributed by atoms with Crippen molar-refractivity contribution in [1.29, 1.82) is 0 Å². The van der Waals surface area contributed by atoms with Crippen molar-refractivity contribution in [3.8, 4) is 0 Å². The zero-order valence-corrected chi connectivity index (χ0v) is 9.65. The van der Waals surface area contributed by atoms with E-state index in [9.17, 15) is 0 Å². The average molecular weight is 211 g/mol. The van der Waals surface area contributed by atoms with Gasteiger partial charge in [0.2, 0.25) is 0 Å². The lowest BCUT2D eigenvalue weighted by Gasteiger charge is -2.12. The molecule has 1 atom stereocenters. The van der Waals surface area contributed by atoms with E-state index < -0.39 is 0 Å². The van der Waals surface area contributed by atoms with Gasteiger partial charge in [-0.15, -0.1) is 0 Å². The first-order chi connectivity index (χ1) is 7.33. The molecule has 86 valence electrons. The van der Waals surface area contributed by atoms with Crippen LogP contribution in [0.1, 0.15) is 19.8 Å². The molecule has 0 saturated heterocycles. The van der Waals surface area contributed by atoms with Crippen LogP contribution in [0.5, 0.6) is 0 Å². The van der Waals surface area contributed by atoms with Crippen molar-refractivity contribution in [3.63, 3.8) is 0 Å². The highest BCUT2D eigenvalue weighted by molar-refractivity contribution is 4.77. The smallest absolute Gasteiger partial charge is 0.0489 e. The predicted molar refractivity (Wildman–Crippen MR) is 60.8 cm³/mol. The lowest BCUT2D eigenvalue weighted by atomic mass is 10.2. The highest BCUT2D eigenvalue weighted by Gasteiger charge is 1.99. The molecule has 1 unspecified atom stereocenters. The molecular formula is C11H21N3O. The summed E-state index contributed by atoms with van der Waals surface area (Å²) in [5.74, 6) is 0. The number of methoxy groups -OCH3 is 1. The van der Waals surface area contributed by atoms with Crippen molar-refractivity contribution in [2.45, 2.75) is 32.4 Å². The Morgan fingerprint density at radius 1 is 1.53 bits per heavy atom. The minimum Gasteiger partial charge on any atom is -0.385 e. The molecule has 1 aromatic rings. The van der Waals surface area contributed by atoms with Crippen LogP contribution in [0.25, 0.3) is 0 Å². The summed E-state index contributed by atoms with van der Waals surface area (Å²) >= 11 is 0. The summed E-state index contributed by atoms with van der Waals surface area (Å²) in [7, 11) is 1.74. The molecule has 1 rings (SSSR count). The summed E-state index contributed by atoms with van der Waals surface area (Å²) in [4.78, 5) is 0. The first kappa shape index (κ1) is 12.2. The van der Waals surface area contributed by atoms with Gasteiger partial charge in [0, 0.05) is 38.7 Å². The molecular weight excluding hydrogens is 190 g/mol. The first-order valence-electron chi connectivity index (χ1n) is 5.52. The van der Waals surface area contributed by atoms with Gasteiger partial charge in [-0.05, 0) is 32.4 Å². The molecule has 0 aliphatic rings. The topological polar surface area (TPSA) is 39.1 Å². The normalized spacial score (nSPS) is 12.9. The van der Waals surface area contributed by atoms with Crippen LogP contribution >= 0.6 is 0 Å². The molecule has 1 N–H and O–H groups in total. The van der Waals surface area contributed by atoms with Crippen LogP contribution in [0.4, 0.5) is 0 Å². The Morgan fingerprint density at radius 2 is 2.40 bits per heavy atom. The van der Waals surface area contributed by atoms with Gasteiger partial charge in [-0.25, -0.2) is 0 Å². The highest BCUT2D eigenvalue weighted by Crippen LogP contribution is 1.92. The lowest BCUT2D eigenvalue weighted by Crippen LogP contribution is -2.28. The van der Waals surface area contributed by atoms with Crippen LogP contribution in [-0.2, 0) is 11.3 Å². The molecule has 0 fully saturated rings. The second kappa shape index (κ2) is 7.43. The monoisotopic (exact) mass is 211 g/mol. The quantitative estimate of drug-likeness (QED) is 0.659. The predicted octanol–water partition coefficient (Wildman–Crippen LogP) is 1.29. The van der Waals surface area contributed by atoms with Crippen molar-refractivity contribution in [3.05, 3.63) is 18.5 Å². The molecule has 1 aromatic heterocycles. The summed E-state index contributed by atoms with van der Waals surface area (Å²) < 4.78 is 6.98. The summed E-state index contributed by atoms with van der Waals surface area (Å²) in [6, 6.07) is 2.48. The fraction of sp³-hybridized carbons (Fsp3) is 0.727. The largest absolute Gasteiger partial charge is 0.385 e. The number of aromatic nitrogens is 2. The number of ether oxygens (including phenoxy) is 1. The zero-order valence-electron chi connectivity index (χ0n) is 9.65. The van der Waals surface area contributed by atoms with Crippen LogP contribution in [0.2, 0.25) is 0 Å². The van der Waals surface area contributed by atoms with Crippen molar-refractivity contribution in [1.82, 2.24) is 15.1 Å². The van der Waals surface area contributed by atoms with Gasteiger partial charge < -0.3 is 10.1 Å². The SMILES string of the molecule is COCCC(C)NCCCn1cccn1. The standard InChI is InChI=1S/C11H21N3O/c1-11(5-10-15-2)12-6-3-8-14-9-4-7-13-14/h4,7,9,11-12H,3,5-6,8,10H2,1-2H3. The summed E-state index contributed by atoms with van der Waals surface area (Å²) in [6.45, 7) is 5.03. The third kappa shape index (κ3) is 5.54. The van der Waals surface area contributed by atoms with E-state index in [4.69, 9.17) is 4.74 Å². The molecule has 0 amide bonds. The number of rotatable bonds is 8. The van der Waals surface area contributed by atoms with Crippen LogP contribution in [0.15, 0.2) is 18.5 Å². The minimum absolute atomic E-state index is 0.530. The Morgan fingerprint density at radius 3 is 3.07 bits per heavy atom. The number of hydrogen-bond donors (Lipinski definition) is 1. The fourth-order valence-corrected chi connectivity index (χ4v) is 1.42. The molecule has 0 bridgehead atoms. The second-order valence-electron chi connectivity index (χ2n) is 3.76. The van der Waals surface area contributed by atoms with E-state index in [0.29, 0.717) is 6.04 Å². The Balaban J connectivity index is 1.97. The average Bonchev–Trinajstić information content (AvgIpc) is 2.74. The molecule has 4 nitrogen and oxygen atoms in total. The minimum atomic E-state index is 0.530. The molecule has 0 aliphatic heterocycles. The Hall–Kier alpha value is -0.870. The van der Waals surface area contributed by atoms with E-state index in [1.807, 2.05) is 23.1 Å². The first-order valence-corrected chi connectivity index (χ1v) is 5.52. The molecule has 0 spiro atoms. The maximum Gasteiger partial charge on any atom is 0.0489 e. The van der Waals surface area contributed by atoms with Crippen LogP contribution < -0.4 is 5.32 Å². The van der Waals surface area contributed by atoms with Gasteiger partial charge in [-0.2, -0.15) is 5.10 Å². The Labute approximate surface area is 91.6 Å². The molecule has 15 heavy (non-hydrogen) atoms. The number of nitrogens with zero attached hydrogens (tertiary/aromatic N) is 2. The van der Waals surface area contributed by atoms with Crippen molar-refractivity contribution in [2.75, 3.05) is 20.3 Å². The van der Waals surface area contributed by atoms with Gasteiger partial charge in [-0.3, -0.25) is 4.68 Å². The van der Waals surface area contributed by atoms with Crippen LogP contribution in [0.3, 0.4) is 0 Å². The molecule has 1 heterocycles. The second-order valence-corrected chi connectivity index (χ2v) is 3.76. The molecule has 0 saturated carbocycles. The van der Waals surface area contributed by atoms with E-state index in [-0.39, 0.29) is 0 Å².